The summed E-state index contributed by atoms with van der Waals surface area (Å²) in [6.45, 7) is 2.31. The maximum absolute atomic E-state index is 2.31. The quantitative estimate of drug-likeness (QED) is 0.333. The van der Waals surface area contributed by atoms with Gasteiger partial charge in [-0.25, -0.2) is 0 Å². The zero-order chi connectivity index (χ0) is 16.4. The predicted molar refractivity (Wildman–Crippen MR) is 106 cm³/mol. The Morgan fingerprint density at radius 3 is 1.35 bits per heavy atom. The Kier molecular flexibility index (Phi) is 15.4. The number of hydrogen-bond acceptors (Lipinski definition) is 0. The summed E-state index contributed by atoms with van der Waals surface area (Å²) in [7, 11) is 0. The third-order valence-corrected chi connectivity index (χ3v) is 5.94. The van der Waals surface area contributed by atoms with Crippen LogP contribution in [0.5, 0.6) is 0 Å². The Balaban J connectivity index is 1.93. The molecule has 0 aliphatic heterocycles. The van der Waals surface area contributed by atoms with Crippen LogP contribution in [0.1, 0.15) is 142 Å². The third-order valence-electron chi connectivity index (χ3n) is 5.94. The lowest BCUT2D eigenvalue weighted by molar-refractivity contribution is 0.372. The molecule has 0 heteroatoms. The van der Waals surface area contributed by atoms with Crippen LogP contribution in [0.15, 0.2) is 0 Å². The van der Waals surface area contributed by atoms with Gasteiger partial charge in [0.1, 0.15) is 0 Å². The lowest BCUT2D eigenvalue weighted by Crippen LogP contribution is -2.01. The molecule has 1 fully saturated rings. The molecule has 0 saturated heterocycles. The summed E-state index contributed by atoms with van der Waals surface area (Å²) in [6, 6.07) is 0. The minimum atomic E-state index is 1.07. The summed E-state index contributed by atoms with van der Waals surface area (Å²) < 4.78 is 0. The second-order valence-electron chi connectivity index (χ2n) is 8.24. The molecule has 0 unspecified atom stereocenters. The van der Waals surface area contributed by atoms with Crippen molar-refractivity contribution in [1.29, 1.82) is 0 Å². The van der Waals surface area contributed by atoms with Crippen molar-refractivity contribution in [2.45, 2.75) is 142 Å². The van der Waals surface area contributed by atoms with Gasteiger partial charge in [0, 0.05) is 0 Å². The molecule has 0 aromatic rings. The van der Waals surface area contributed by atoms with Gasteiger partial charge in [-0.05, 0) is 5.92 Å². The first-order chi connectivity index (χ1) is 11.4. The van der Waals surface area contributed by atoms with Gasteiger partial charge in [-0.1, -0.05) is 142 Å². The monoisotopic (exact) mass is 322 g/mol. The van der Waals surface area contributed by atoms with Crippen molar-refractivity contribution in [3.05, 3.63) is 0 Å². The number of hydrogen-bond donors (Lipinski definition) is 0. The lowest BCUT2D eigenvalue weighted by atomic mass is 9.90. The highest BCUT2D eigenvalue weighted by molar-refractivity contribution is 4.63. The van der Waals surface area contributed by atoms with Crippen molar-refractivity contribution in [3.63, 3.8) is 0 Å². The van der Waals surface area contributed by atoms with E-state index in [1.165, 1.54) is 135 Å². The van der Waals surface area contributed by atoms with E-state index in [0.29, 0.717) is 0 Å². The Morgan fingerprint density at radius 1 is 0.478 bits per heavy atom. The minimum Gasteiger partial charge on any atom is -0.0654 e. The van der Waals surface area contributed by atoms with Crippen LogP contribution in [0, 0.1) is 5.92 Å². The Labute approximate surface area is 148 Å². The lowest BCUT2D eigenvalue weighted by Gasteiger charge is -2.16. The van der Waals surface area contributed by atoms with E-state index in [2.05, 4.69) is 6.92 Å². The molecule has 0 heterocycles. The van der Waals surface area contributed by atoms with E-state index in [0.717, 1.165) is 5.92 Å². The molecule has 0 radical (unpaired) electrons. The second-order valence-corrected chi connectivity index (χ2v) is 8.24. The summed E-state index contributed by atoms with van der Waals surface area (Å²) in [5, 5.41) is 0. The first-order valence-corrected chi connectivity index (χ1v) is 11.4. The molecule has 1 saturated carbocycles. The van der Waals surface area contributed by atoms with Crippen molar-refractivity contribution in [2.24, 2.45) is 5.92 Å². The van der Waals surface area contributed by atoms with Crippen molar-refractivity contribution >= 4 is 0 Å². The van der Waals surface area contributed by atoms with Gasteiger partial charge in [-0.3, -0.25) is 0 Å². The van der Waals surface area contributed by atoms with Crippen LogP contribution in [-0.4, -0.2) is 0 Å². The predicted octanol–water partition coefficient (Wildman–Crippen LogP) is 8.83. The van der Waals surface area contributed by atoms with Gasteiger partial charge in [0.25, 0.3) is 0 Å². The molecular weight excluding hydrogens is 276 g/mol. The van der Waals surface area contributed by atoms with Gasteiger partial charge < -0.3 is 0 Å². The standard InChI is InChI=1S/C23H46/c1-2-3-4-5-6-7-8-11-14-17-20-23-21-18-15-12-9-10-13-16-19-22-23/h23H,2-22H2,1H3. The molecule has 0 bridgehead atoms. The smallest absolute Gasteiger partial charge is 0.0414 e. The van der Waals surface area contributed by atoms with E-state index < -0.39 is 0 Å². The van der Waals surface area contributed by atoms with Crippen LogP contribution < -0.4 is 0 Å². The molecule has 23 heavy (non-hydrogen) atoms. The van der Waals surface area contributed by atoms with Gasteiger partial charge in [0.05, 0.1) is 0 Å². The van der Waals surface area contributed by atoms with E-state index in [9.17, 15) is 0 Å². The number of rotatable bonds is 11. The van der Waals surface area contributed by atoms with Crippen molar-refractivity contribution in [1.82, 2.24) is 0 Å². The minimum absolute atomic E-state index is 1.07. The molecule has 1 aliphatic carbocycles. The molecule has 0 aromatic heterocycles. The van der Waals surface area contributed by atoms with Crippen molar-refractivity contribution in [2.75, 3.05) is 0 Å². The highest BCUT2D eigenvalue weighted by atomic mass is 14.2. The first kappa shape index (κ1) is 21.0. The summed E-state index contributed by atoms with van der Waals surface area (Å²) in [5.41, 5.74) is 0. The van der Waals surface area contributed by atoms with Crippen LogP contribution in [0.25, 0.3) is 0 Å². The zero-order valence-electron chi connectivity index (χ0n) is 16.4. The molecule has 138 valence electrons. The Bertz CT molecular complexity index is 208. The van der Waals surface area contributed by atoms with Gasteiger partial charge >= 0.3 is 0 Å². The molecule has 0 nitrogen and oxygen atoms in total. The van der Waals surface area contributed by atoms with Gasteiger partial charge in [-0.2, -0.15) is 0 Å². The van der Waals surface area contributed by atoms with Crippen LogP contribution in [0.3, 0.4) is 0 Å². The fourth-order valence-electron chi connectivity index (χ4n) is 4.28. The molecule has 1 rings (SSSR count). The van der Waals surface area contributed by atoms with Crippen LogP contribution in [0.2, 0.25) is 0 Å². The molecular formula is C23H46. The summed E-state index contributed by atoms with van der Waals surface area (Å²) in [6.07, 6.45) is 31.5. The van der Waals surface area contributed by atoms with Crippen molar-refractivity contribution < 1.29 is 0 Å². The zero-order valence-corrected chi connectivity index (χ0v) is 16.4. The topological polar surface area (TPSA) is 0 Å². The summed E-state index contributed by atoms with van der Waals surface area (Å²) >= 11 is 0. The SMILES string of the molecule is CCCCCCCCCCCCC1CCCCCCCCCC1. The third kappa shape index (κ3) is 14.1. The van der Waals surface area contributed by atoms with Crippen LogP contribution in [0.4, 0.5) is 0 Å². The van der Waals surface area contributed by atoms with E-state index in [-0.39, 0.29) is 0 Å². The molecule has 0 amide bonds. The Morgan fingerprint density at radius 2 is 0.870 bits per heavy atom. The molecule has 0 atom stereocenters. The van der Waals surface area contributed by atoms with Gasteiger partial charge in [0.15, 0.2) is 0 Å². The molecule has 0 spiro atoms. The Hall–Kier alpha value is 0. The van der Waals surface area contributed by atoms with E-state index >= 15 is 0 Å². The fraction of sp³-hybridized carbons (Fsp3) is 1.00. The average Bonchev–Trinajstić information content (AvgIpc) is 2.62. The maximum atomic E-state index is 2.31. The van der Waals surface area contributed by atoms with E-state index in [1.54, 1.807) is 0 Å². The maximum Gasteiger partial charge on any atom is -0.0414 e. The largest absolute Gasteiger partial charge is 0.0654 e. The molecule has 0 aromatic carbocycles. The number of unbranched alkanes of at least 4 members (excludes halogenated alkanes) is 9. The first-order valence-electron chi connectivity index (χ1n) is 11.4. The van der Waals surface area contributed by atoms with E-state index in [1.807, 2.05) is 0 Å². The van der Waals surface area contributed by atoms with Crippen LogP contribution in [-0.2, 0) is 0 Å². The van der Waals surface area contributed by atoms with Crippen LogP contribution >= 0.6 is 0 Å². The van der Waals surface area contributed by atoms with E-state index in [4.69, 9.17) is 0 Å². The highest BCUT2D eigenvalue weighted by Crippen LogP contribution is 2.25. The van der Waals surface area contributed by atoms with Gasteiger partial charge in [-0.15, -0.1) is 0 Å². The summed E-state index contributed by atoms with van der Waals surface area (Å²) in [4.78, 5) is 0. The second kappa shape index (κ2) is 16.8. The summed E-state index contributed by atoms with van der Waals surface area (Å²) in [5.74, 6) is 1.07. The fourth-order valence-corrected chi connectivity index (χ4v) is 4.28. The molecule has 0 N–H and O–H groups in total. The van der Waals surface area contributed by atoms with Crippen molar-refractivity contribution in [3.8, 4) is 0 Å². The van der Waals surface area contributed by atoms with Gasteiger partial charge in [0.2, 0.25) is 0 Å². The normalized spacial score (nSPS) is 18.7. The highest BCUT2D eigenvalue weighted by Gasteiger charge is 2.09. The average molecular weight is 323 g/mol. The molecule has 1 aliphatic rings.